The molecule has 0 amide bonds. The predicted octanol–water partition coefficient (Wildman–Crippen LogP) is 0.925. The average molecular weight is 190 g/mol. The number of nitrogens with two attached hydrogens (primary N) is 1. The summed E-state index contributed by atoms with van der Waals surface area (Å²) in [6, 6.07) is 8.07. The van der Waals surface area contributed by atoms with Crippen LogP contribution < -0.4 is 10.6 Å². The van der Waals surface area contributed by atoms with Crippen LogP contribution in [-0.2, 0) is 11.3 Å². The van der Waals surface area contributed by atoms with Gasteiger partial charge in [0.05, 0.1) is 6.54 Å². The minimum atomic E-state index is 0.322. The van der Waals surface area contributed by atoms with E-state index in [0.29, 0.717) is 25.3 Å². The Labute approximate surface area is 83.5 Å². The van der Waals surface area contributed by atoms with Crippen LogP contribution in [0.4, 0.5) is 5.69 Å². The molecule has 2 N–H and O–H groups in total. The van der Waals surface area contributed by atoms with Crippen molar-refractivity contribution in [1.82, 2.24) is 0 Å². The van der Waals surface area contributed by atoms with Gasteiger partial charge in [-0.3, -0.25) is 4.79 Å². The Kier molecular flexibility index (Phi) is 2.50. The number of benzene rings is 1. The summed E-state index contributed by atoms with van der Waals surface area (Å²) in [7, 11) is 0. The molecule has 0 unspecified atom stereocenters. The van der Waals surface area contributed by atoms with E-state index in [-0.39, 0.29) is 0 Å². The number of carbonyl (C=O) groups is 1. The van der Waals surface area contributed by atoms with E-state index in [4.69, 9.17) is 5.73 Å². The first-order valence-corrected chi connectivity index (χ1v) is 4.85. The summed E-state index contributed by atoms with van der Waals surface area (Å²) in [6.07, 6.45) is 0.673. The molecule has 0 spiro atoms. The van der Waals surface area contributed by atoms with Gasteiger partial charge in [0.15, 0.2) is 5.78 Å². The van der Waals surface area contributed by atoms with Crippen molar-refractivity contribution in [3.63, 3.8) is 0 Å². The van der Waals surface area contributed by atoms with Crippen LogP contribution in [0.15, 0.2) is 24.3 Å². The Morgan fingerprint density at radius 3 is 2.93 bits per heavy atom. The highest BCUT2D eigenvalue weighted by molar-refractivity contribution is 5.87. The molecular formula is C11H14N2O. The topological polar surface area (TPSA) is 46.3 Å². The number of nitrogens with zero attached hydrogens (tertiary/aromatic N) is 1. The lowest BCUT2D eigenvalue weighted by molar-refractivity contribution is -0.116. The summed E-state index contributed by atoms with van der Waals surface area (Å²) >= 11 is 0. The summed E-state index contributed by atoms with van der Waals surface area (Å²) < 4.78 is 0. The van der Waals surface area contributed by atoms with E-state index in [1.807, 2.05) is 18.2 Å². The monoisotopic (exact) mass is 190 g/mol. The van der Waals surface area contributed by atoms with Crippen LogP contribution in [-0.4, -0.2) is 18.9 Å². The molecule has 2 rings (SSSR count). The van der Waals surface area contributed by atoms with Gasteiger partial charge in [-0.1, -0.05) is 12.1 Å². The minimum Gasteiger partial charge on any atom is -0.364 e. The van der Waals surface area contributed by atoms with Crippen molar-refractivity contribution < 1.29 is 4.79 Å². The van der Waals surface area contributed by atoms with E-state index < -0.39 is 0 Å². The second kappa shape index (κ2) is 3.80. The van der Waals surface area contributed by atoms with E-state index in [0.717, 1.165) is 17.8 Å². The Morgan fingerprint density at radius 1 is 1.43 bits per heavy atom. The fourth-order valence-corrected chi connectivity index (χ4v) is 1.73. The second-order valence-electron chi connectivity index (χ2n) is 3.58. The smallest absolute Gasteiger partial charge is 0.153 e. The van der Waals surface area contributed by atoms with Crippen LogP contribution in [0, 0.1) is 0 Å². The zero-order valence-corrected chi connectivity index (χ0v) is 8.07. The fraction of sp³-hybridized carbons (Fsp3) is 0.364. The van der Waals surface area contributed by atoms with Gasteiger partial charge >= 0.3 is 0 Å². The Balaban J connectivity index is 2.19. The largest absolute Gasteiger partial charge is 0.364 e. The average Bonchev–Trinajstić information content (AvgIpc) is 2.65. The zero-order chi connectivity index (χ0) is 9.97. The lowest BCUT2D eigenvalue weighted by atomic mass is 10.2. The maximum Gasteiger partial charge on any atom is 0.153 e. The first-order chi connectivity index (χ1) is 6.79. The van der Waals surface area contributed by atoms with Gasteiger partial charge in [0.2, 0.25) is 0 Å². The van der Waals surface area contributed by atoms with Crippen molar-refractivity contribution in [3.05, 3.63) is 29.8 Å². The van der Waals surface area contributed by atoms with Crippen molar-refractivity contribution >= 4 is 11.5 Å². The van der Waals surface area contributed by atoms with E-state index in [1.165, 1.54) is 0 Å². The van der Waals surface area contributed by atoms with Crippen molar-refractivity contribution in [2.24, 2.45) is 5.73 Å². The Bertz CT molecular complexity index is 349. The number of Topliss-reactive ketones (excluding diaryl/α,β-unsaturated/α-hetero) is 1. The normalized spacial score (nSPS) is 16.4. The number of rotatable bonds is 2. The van der Waals surface area contributed by atoms with Crippen molar-refractivity contribution in [2.75, 3.05) is 18.0 Å². The van der Waals surface area contributed by atoms with Gasteiger partial charge in [-0.05, 0) is 17.7 Å². The fourth-order valence-electron chi connectivity index (χ4n) is 1.73. The highest BCUT2D eigenvalue weighted by Gasteiger charge is 2.19. The third kappa shape index (κ3) is 1.77. The van der Waals surface area contributed by atoms with Crippen LogP contribution in [0.5, 0.6) is 0 Å². The van der Waals surface area contributed by atoms with E-state index in [2.05, 4.69) is 11.0 Å². The molecule has 14 heavy (non-hydrogen) atoms. The van der Waals surface area contributed by atoms with Crippen LogP contribution in [0.2, 0.25) is 0 Å². The summed E-state index contributed by atoms with van der Waals surface area (Å²) in [5.41, 5.74) is 7.78. The second-order valence-corrected chi connectivity index (χ2v) is 3.58. The van der Waals surface area contributed by atoms with E-state index in [9.17, 15) is 4.79 Å². The highest BCUT2D eigenvalue weighted by Crippen LogP contribution is 2.19. The summed E-state index contributed by atoms with van der Waals surface area (Å²) in [4.78, 5) is 13.2. The first-order valence-electron chi connectivity index (χ1n) is 4.85. The molecule has 1 heterocycles. The molecule has 1 fully saturated rings. The molecule has 1 saturated heterocycles. The molecule has 0 aliphatic carbocycles. The van der Waals surface area contributed by atoms with Gasteiger partial charge in [0, 0.05) is 25.2 Å². The number of carbonyl (C=O) groups excluding carboxylic acids is 1. The van der Waals surface area contributed by atoms with Crippen LogP contribution in [0.1, 0.15) is 12.0 Å². The Hall–Kier alpha value is -1.35. The number of ketones is 1. The molecule has 0 saturated carbocycles. The van der Waals surface area contributed by atoms with Crippen molar-refractivity contribution in [2.45, 2.75) is 13.0 Å². The SMILES string of the molecule is NCc1cccc(N2CCC(=O)C2)c1. The van der Waals surface area contributed by atoms with E-state index >= 15 is 0 Å². The molecule has 1 aromatic carbocycles. The maximum absolute atomic E-state index is 11.1. The molecule has 3 nitrogen and oxygen atoms in total. The van der Waals surface area contributed by atoms with Gasteiger partial charge in [-0.2, -0.15) is 0 Å². The maximum atomic E-state index is 11.1. The molecule has 74 valence electrons. The lowest BCUT2D eigenvalue weighted by Crippen LogP contribution is -2.19. The van der Waals surface area contributed by atoms with E-state index in [1.54, 1.807) is 0 Å². The van der Waals surface area contributed by atoms with Crippen LogP contribution >= 0.6 is 0 Å². The molecule has 0 radical (unpaired) electrons. The van der Waals surface area contributed by atoms with Gasteiger partial charge < -0.3 is 10.6 Å². The summed E-state index contributed by atoms with van der Waals surface area (Å²) in [5, 5.41) is 0. The van der Waals surface area contributed by atoms with Gasteiger partial charge in [0.1, 0.15) is 0 Å². The predicted molar refractivity (Wildman–Crippen MR) is 56.2 cm³/mol. The Morgan fingerprint density at radius 2 is 2.29 bits per heavy atom. The van der Waals surface area contributed by atoms with Gasteiger partial charge in [-0.15, -0.1) is 0 Å². The van der Waals surface area contributed by atoms with Crippen LogP contribution in [0.25, 0.3) is 0 Å². The summed E-state index contributed by atoms with van der Waals surface area (Å²) in [6.45, 7) is 1.94. The molecule has 3 heteroatoms. The number of hydrogen-bond donors (Lipinski definition) is 1. The van der Waals surface area contributed by atoms with Crippen molar-refractivity contribution in [3.8, 4) is 0 Å². The highest BCUT2D eigenvalue weighted by atomic mass is 16.1. The molecule has 1 aliphatic rings. The third-order valence-electron chi connectivity index (χ3n) is 2.54. The third-order valence-corrected chi connectivity index (χ3v) is 2.54. The van der Waals surface area contributed by atoms with Gasteiger partial charge in [-0.25, -0.2) is 0 Å². The quantitative estimate of drug-likeness (QED) is 0.754. The lowest BCUT2D eigenvalue weighted by Gasteiger charge is -2.17. The molecule has 0 bridgehead atoms. The molecule has 0 aromatic heterocycles. The standard InChI is InChI=1S/C11H14N2O/c12-7-9-2-1-3-10(6-9)13-5-4-11(14)8-13/h1-3,6H,4-5,7-8,12H2. The summed E-state index contributed by atoms with van der Waals surface area (Å²) in [5.74, 6) is 0.322. The van der Waals surface area contributed by atoms with Crippen molar-refractivity contribution in [1.29, 1.82) is 0 Å². The molecular weight excluding hydrogens is 176 g/mol. The molecule has 0 atom stereocenters. The van der Waals surface area contributed by atoms with Gasteiger partial charge in [0.25, 0.3) is 0 Å². The van der Waals surface area contributed by atoms with Crippen LogP contribution in [0.3, 0.4) is 0 Å². The molecule has 1 aliphatic heterocycles. The number of hydrogen-bond acceptors (Lipinski definition) is 3. The minimum absolute atomic E-state index is 0.322. The number of anilines is 1. The molecule has 1 aromatic rings. The first kappa shape index (κ1) is 9.21. The zero-order valence-electron chi connectivity index (χ0n) is 8.07.